The fourth-order valence-electron chi connectivity index (χ4n) is 2.60. The molecule has 0 fully saturated rings. The second kappa shape index (κ2) is 6.42. The van der Waals surface area contributed by atoms with E-state index in [4.69, 9.17) is 23.2 Å². The van der Waals surface area contributed by atoms with Gasteiger partial charge in [-0.05, 0) is 36.8 Å². The van der Waals surface area contributed by atoms with Crippen molar-refractivity contribution < 1.29 is 14.3 Å². The number of rotatable bonds is 3. The molecule has 4 nitrogen and oxygen atoms in total. The number of carboxylic acid groups (broad SMARTS) is 1. The Morgan fingerprint density at radius 1 is 1.33 bits per heavy atom. The Labute approximate surface area is 147 Å². The van der Waals surface area contributed by atoms with Gasteiger partial charge in [-0.1, -0.05) is 35.4 Å². The van der Waals surface area contributed by atoms with E-state index in [1.54, 1.807) is 10.7 Å². The predicted molar refractivity (Wildman–Crippen MR) is 90.9 cm³/mol. The minimum atomic E-state index is -1.16. The first-order valence-electron chi connectivity index (χ1n) is 7.18. The number of aromatic nitrogens is 2. The van der Waals surface area contributed by atoms with Crippen LogP contribution in [0.4, 0.5) is 4.39 Å². The molecule has 1 aromatic heterocycles. The molecule has 0 radical (unpaired) electrons. The molecule has 1 heterocycles. The SMILES string of the molecule is CC1=C(Cl)CC(n2nc(C(=O)O)cc2-c2cc(F)cc(Cl)c2)C=C1. The highest BCUT2D eigenvalue weighted by atomic mass is 35.5. The van der Waals surface area contributed by atoms with Crippen LogP contribution in [-0.4, -0.2) is 20.9 Å². The first-order chi connectivity index (χ1) is 11.3. The van der Waals surface area contributed by atoms with Crippen LogP contribution in [0.25, 0.3) is 11.3 Å². The number of halogens is 3. The number of benzene rings is 1. The molecule has 0 saturated carbocycles. The minimum Gasteiger partial charge on any atom is -0.476 e. The largest absolute Gasteiger partial charge is 0.476 e. The molecule has 1 aromatic carbocycles. The van der Waals surface area contributed by atoms with Crippen molar-refractivity contribution in [2.75, 3.05) is 0 Å². The molecular formula is C17H13Cl2FN2O2. The van der Waals surface area contributed by atoms with Crippen molar-refractivity contribution in [2.45, 2.75) is 19.4 Å². The van der Waals surface area contributed by atoms with Crippen LogP contribution in [0.15, 0.2) is 47.0 Å². The molecular weight excluding hydrogens is 354 g/mol. The van der Waals surface area contributed by atoms with E-state index in [0.717, 1.165) is 5.57 Å². The maximum atomic E-state index is 13.7. The topological polar surface area (TPSA) is 55.1 Å². The summed E-state index contributed by atoms with van der Waals surface area (Å²) in [5.41, 5.74) is 1.75. The lowest BCUT2D eigenvalue weighted by atomic mass is 10.0. The van der Waals surface area contributed by atoms with Crippen molar-refractivity contribution in [3.8, 4) is 11.3 Å². The van der Waals surface area contributed by atoms with E-state index < -0.39 is 11.8 Å². The summed E-state index contributed by atoms with van der Waals surface area (Å²) in [5.74, 6) is -1.66. The molecule has 2 aromatic rings. The van der Waals surface area contributed by atoms with E-state index >= 15 is 0 Å². The van der Waals surface area contributed by atoms with Crippen LogP contribution < -0.4 is 0 Å². The van der Waals surface area contributed by atoms with Gasteiger partial charge in [0.15, 0.2) is 5.69 Å². The highest BCUT2D eigenvalue weighted by molar-refractivity contribution is 6.31. The predicted octanol–water partition coefficient (Wildman–Crippen LogP) is 5.05. The third-order valence-corrected chi connectivity index (χ3v) is 4.48. The Bertz CT molecular complexity index is 866. The molecule has 124 valence electrons. The molecule has 0 saturated heterocycles. The summed E-state index contributed by atoms with van der Waals surface area (Å²) in [7, 11) is 0. The molecule has 7 heteroatoms. The van der Waals surface area contributed by atoms with Crippen LogP contribution in [0.3, 0.4) is 0 Å². The van der Waals surface area contributed by atoms with Gasteiger partial charge in [0.1, 0.15) is 5.82 Å². The lowest BCUT2D eigenvalue weighted by Gasteiger charge is -2.20. The highest BCUT2D eigenvalue weighted by Gasteiger charge is 2.22. The zero-order valence-electron chi connectivity index (χ0n) is 12.6. The summed E-state index contributed by atoms with van der Waals surface area (Å²) >= 11 is 12.1. The summed E-state index contributed by atoms with van der Waals surface area (Å²) < 4.78 is 15.2. The van der Waals surface area contributed by atoms with Gasteiger partial charge in [-0.3, -0.25) is 4.68 Å². The standard InChI is InChI=1S/C17H13Cl2FN2O2/c1-9-2-3-13(7-14(9)19)22-16(8-15(21-22)17(23)24)10-4-11(18)6-12(20)5-10/h2-6,8,13H,7H2,1H3,(H,23,24). The Hall–Kier alpha value is -2.11. The number of aromatic carboxylic acids is 1. The fraction of sp³-hybridized carbons (Fsp3) is 0.176. The second-order valence-corrected chi connectivity index (χ2v) is 6.43. The monoisotopic (exact) mass is 366 g/mol. The third-order valence-electron chi connectivity index (χ3n) is 3.81. The number of hydrogen-bond donors (Lipinski definition) is 1. The maximum absolute atomic E-state index is 13.7. The van der Waals surface area contributed by atoms with Crippen LogP contribution in [0, 0.1) is 5.82 Å². The van der Waals surface area contributed by atoms with Crippen molar-refractivity contribution in [1.29, 1.82) is 0 Å². The molecule has 1 unspecified atom stereocenters. The van der Waals surface area contributed by atoms with Gasteiger partial charge >= 0.3 is 5.97 Å². The van der Waals surface area contributed by atoms with Gasteiger partial charge in [-0.25, -0.2) is 9.18 Å². The van der Waals surface area contributed by atoms with E-state index in [1.807, 2.05) is 19.1 Å². The zero-order valence-corrected chi connectivity index (χ0v) is 14.1. The average Bonchev–Trinajstić information content (AvgIpc) is 2.94. The molecule has 3 rings (SSSR count). The number of hydrogen-bond acceptors (Lipinski definition) is 2. The van der Waals surface area contributed by atoms with Gasteiger partial charge in [0.2, 0.25) is 0 Å². The number of carboxylic acids is 1. The molecule has 1 aliphatic rings. The Kier molecular flexibility index (Phi) is 4.47. The van der Waals surface area contributed by atoms with Crippen LogP contribution in [0.5, 0.6) is 0 Å². The van der Waals surface area contributed by atoms with Crippen molar-refractivity contribution in [3.05, 3.63) is 63.6 Å². The molecule has 0 spiro atoms. The Balaban J connectivity index is 2.12. The van der Waals surface area contributed by atoms with E-state index in [9.17, 15) is 14.3 Å². The van der Waals surface area contributed by atoms with E-state index in [1.165, 1.54) is 18.2 Å². The molecule has 0 amide bonds. The lowest BCUT2D eigenvalue weighted by Crippen LogP contribution is -2.13. The summed E-state index contributed by atoms with van der Waals surface area (Å²) in [6.07, 6.45) is 4.24. The van der Waals surface area contributed by atoms with Gasteiger partial charge < -0.3 is 5.11 Å². The highest BCUT2D eigenvalue weighted by Crippen LogP contribution is 2.34. The van der Waals surface area contributed by atoms with E-state index in [-0.39, 0.29) is 16.8 Å². The quantitative estimate of drug-likeness (QED) is 0.826. The Morgan fingerprint density at radius 2 is 2.08 bits per heavy atom. The molecule has 1 N–H and O–H groups in total. The smallest absolute Gasteiger partial charge is 0.356 e. The number of nitrogens with zero attached hydrogens (tertiary/aromatic N) is 2. The van der Waals surface area contributed by atoms with Crippen LogP contribution in [0.2, 0.25) is 5.02 Å². The number of carbonyl (C=O) groups is 1. The van der Waals surface area contributed by atoms with E-state index in [2.05, 4.69) is 5.10 Å². The molecule has 1 aliphatic carbocycles. The number of allylic oxidation sites excluding steroid dienone is 4. The van der Waals surface area contributed by atoms with Crippen molar-refractivity contribution >= 4 is 29.2 Å². The second-order valence-electron chi connectivity index (χ2n) is 5.54. The first-order valence-corrected chi connectivity index (χ1v) is 7.93. The van der Waals surface area contributed by atoms with Gasteiger partial charge in [0, 0.05) is 22.0 Å². The average molecular weight is 367 g/mol. The van der Waals surface area contributed by atoms with Crippen LogP contribution in [0.1, 0.15) is 29.9 Å². The maximum Gasteiger partial charge on any atom is 0.356 e. The lowest BCUT2D eigenvalue weighted by molar-refractivity contribution is 0.0689. The minimum absolute atomic E-state index is 0.124. The van der Waals surface area contributed by atoms with Gasteiger partial charge in [0.25, 0.3) is 0 Å². The third kappa shape index (κ3) is 3.23. The fourth-order valence-corrected chi connectivity index (χ4v) is 3.04. The van der Waals surface area contributed by atoms with Gasteiger partial charge in [-0.15, -0.1) is 0 Å². The van der Waals surface area contributed by atoms with Gasteiger partial charge in [0.05, 0.1) is 11.7 Å². The summed E-state index contributed by atoms with van der Waals surface area (Å²) in [6, 6.07) is 5.19. The van der Waals surface area contributed by atoms with Crippen molar-refractivity contribution in [3.63, 3.8) is 0 Å². The van der Waals surface area contributed by atoms with Crippen molar-refractivity contribution in [2.24, 2.45) is 0 Å². The van der Waals surface area contributed by atoms with Crippen LogP contribution >= 0.6 is 23.2 Å². The van der Waals surface area contributed by atoms with E-state index in [0.29, 0.717) is 22.7 Å². The molecule has 0 bridgehead atoms. The van der Waals surface area contributed by atoms with Crippen molar-refractivity contribution in [1.82, 2.24) is 9.78 Å². The van der Waals surface area contributed by atoms with Crippen LogP contribution in [-0.2, 0) is 0 Å². The normalized spacial score (nSPS) is 17.4. The summed E-state index contributed by atoms with van der Waals surface area (Å²) in [4.78, 5) is 11.3. The van der Waals surface area contributed by atoms with Gasteiger partial charge in [-0.2, -0.15) is 5.10 Å². The summed E-state index contributed by atoms with van der Waals surface area (Å²) in [6.45, 7) is 1.90. The molecule has 1 atom stereocenters. The Morgan fingerprint density at radius 3 is 2.71 bits per heavy atom. The molecule has 24 heavy (non-hydrogen) atoms. The first kappa shape index (κ1) is 16.7. The molecule has 0 aliphatic heterocycles. The zero-order chi connectivity index (χ0) is 17.4. The summed E-state index contributed by atoms with van der Waals surface area (Å²) in [5, 5.41) is 14.3.